The molecule has 0 spiro atoms. The van der Waals surface area contributed by atoms with Crippen molar-refractivity contribution >= 4 is 40.9 Å². The van der Waals surface area contributed by atoms with Gasteiger partial charge in [0, 0.05) is 11.6 Å². The molecule has 34 heavy (non-hydrogen) atoms. The minimum Gasteiger partial charge on any atom is -0.465 e. The number of carbonyl (C=O) groups excluding carboxylic acids is 4. The molecule has 1 aliphatic heterocycles. The van der Waals surface area contributed by atoms with Gasteiger partial charge < -0.3 is 18.3 Å². The van der Waals surface area contributed by atoms with Crippen molar-refractivity contribution in [3.63, 3.8) is 0 Å². The smallest absolute Gasteiger partial charge is 0.373 e. The lowest BCUT2D eigenvalue weighted by Gasteiger charge is -2.09. The van der Waals surface area contributed by atoms with Gasteiger partial charge in [0.15, 0.2) is 0 Å². The topological polar surface area (TPSA) is 116 Å². The maximum Gasteiger partial charge on any atom is 0.373 e. The van der Waals surface area contributed by atoms with Crippen LogP contribution in [0.5, 0.6) is 0 Å². The van der Waals surface area contributed by atoms with E-state index in [9.17, 15) is 19.2 Å². The van der Waals surface area contributed by atoms with Gasteiger partial charge in [-0.3, -0.25) is 14.5 Å². The number of esters is 2. The van der Waals surface area contributed by atoms with E-state index >= 15 is 0 Å². The van der Waals surface area contributed by atoms with Crippen LogP contribution in [-0.2, 0) is 20.8 Å². The monoisotopic (exact) mass is 481 g/mol. The average molecular weight is 481 g/mol. The second kappa shape index (κ2) is 9.44. The van der Waals surface area contributed by atoms with Gasteiger partial charge in [-0.1, -0.05) is 6.07 Å². The highest BCUT2D eigenvalue weighted by Crippen LogP contribution is 2.35. The second-order valence-electron chi connectivity index (χ2n) is 7.25. The van der Waals surface area contributed by atoms with Gasteiger partial charge in [0.05, 0.1) is 31.2 Å². The number of methoxy groups -OCH3 is 2. The Labute approximate surface area is 198 Å². The van der Waals surface area contributed by atoms with E-state index in [0.29, 0.717) is 22.6 Å². The van der Waals surface area contributed by atoms with Crippen molar-refractivity contribution < 1.29 is 37.5 Å². The zero-order valence-corrected chi connectivity index (χ0v) is 19.3. The van der Waals surface area contributed by atoms with Crippen molar-refractivity contribution in [1.29, 1.82) is 0 Å². The van der Waals surface area contributed by atoms with Crippen molar-refractivity contribution in [2.24, 2.45) is 0 Å². The third-order valence-electron chi connectivity index (χ3n) is 5.06. The van der Waals surface area contributed by atoms with Crippen molar-refractivity contribution in [1.82, 2.24) is 4.90 Å². The van der Waals surface area contributed by atoms with E-state index in [2.05, 4.69) is 4.74 Å². The van der Waals surface area contributed by atoms with Gasteiger partial charge in [0.1, 0.15) is 17.3 Å². The van der Waals surface area contributed by atoms with Gasteiger partial charge in [0.2, 0.25) is 5.76 Å². The van der Waals surface area contributed by atoms with E-state index in [0.717, 1.165) is 22.2 Å². The van der Waals surface area contributed by atoms with Crippen LogP contribution >= 0.6 is 11.8 Å². The number of amides is 2. The molecule has 4 rings (SSSR count). The molecular weight excluding hydrogens is 462 g/mol. The molecule has 10 heteroatoms. The first-order valence-corrected chi connectivity index (χ1v) is 10.8. The molecule has 2 aromatic heterocycles. The summed E-state index contributed by atoms with van der Waals surface area (Å²) in [6.45, 7) is 1.76. The zero-order chi connectivity index (χ0) is 24.4. The summed E-state index contributed by atoms with van der Waals surface area (Å²) in [5, 5.41) is -0.472. The number of hydrogen-bond acceptors (Lipinski definition) is 9. The van der Waals surface area contributed by atoms with Crippen molar-refractivity contribution in [3.05, 3.63) is 75.8 Å². The number of hydrogen-bond donors (Lipinski definition) is 0. The molecule has 0 N–H and O–H groups in total. The summed E-state index contributed by atoms with van der Waals surface area (Å²) in [6, 6.07) is 11.4. The second-order valence-corrected chi connectivity index (χ2v) is 8.24. The molecule has 9 nitrogen and oxygen atoms in total. The summed E-state index contributed by atoms with van der Waals surface area (Å²) in [5.74, 6) is -0.500. The first kappa shape index (κ1) is 23.1. The van der Waals surface area contributed by atoms with E-state index in [4.69, 9.17) is 13.6 Å². The summed E-state index contributed by atoms with van der Waals surface area (Å²) >= 11 is 0.775. The predicted molar refractivity (Wildman–Crippen MR) is 122 cm³/mol. The number of rotatable bonds is 6. The molecule has 2 amide bonds. The summed E-state index contributed by atoms with van der Waals surface area (Å²) in [4.78, 5) is 49.8. The standard InChI is InChI=1S/C24H19NO8S/c1-13-4-5-14(22(27)30-2)10-17(13)18-8-6-15(32-18)11-20-21(26)25(24(29)34-20)12-16-7-9-19(33-16)23(28)31-3/h4-11H,12H2,1-3H3/b20-11+. The quantitative estimate of drug-likeness (QED) is 0.366. The molecule has 1 saturated heterocycles. The average Bonchev–Trinajstić information content (AvgIpc) is 3.55. The van der Waals surface area contributed by atoms with Crippen LogP contribution in [0.2, 0.25) is 0 Å². The van der Waals surface area contributed by atoms with Crippen LogP contribution in [0.15, 0.2) is 56.2 Å². The molecule has 0 unspecified atom stereocenters. The van der Waals surface area contributed by atoms with E-state index < -0.39 is 23.1 Å². The van der Waals surface area contributed by atoms with E-state index in [1.807, 2.05) is 6.92 Å². The maximum absolute atomic E-state index is 12.8. The predicted octanol–water partition coefficient (Wildman–Crippen LogP) is 4.66. The van der Waals surface area contributed by atoms with Gasteiger partial charge >= 0.3 is 11.9 Å². The zero-order valence-electron chi connectivity index (χ0n) is 18.4. The van der Waals surface area contributed by atoms with Gasteiger partial charge in [0.25, 0.3) is 11.1 Å². The SMILES string of the molecule is COC(=O)c1ccc(C)c(-c2ccc(/C=C3/SC(=O)N(Cc4ccc(C(=O)OC)o4)C3=O)o2)c1. The number of ether oxygens (including phenoxy) is 2. The summed E-state index contributed by atoms with van der Waals surface area (Å²) in [5.41, 5.74) is 1.98. The number of thioether (sulfide) groups is 1. The van der Waals surface area contributed by atoms with Crippen LogP contribution in [-0.4, -0.2) is 42.2 Å². The Hall–Kier alpha value is -4.05. The Kier molecular flexibility index (Phi) is 6.42. The molecule has 0 bridgehead atoms. The lowest BCUT2D eigenvalue weighted by molar-refractivity contribution is -0.123. The molecule has 1 aromatic carbocycles. The molecule has 0 saturated carbocycles. The van der Waals surface area contributed by atoms with Crippen molar-refractivity contribution in [2.75, 3.05) is 14.2 Å². The van der Waals surface area contributed by atoms with E-state index in [-0.39, 0.29) is 23.0 Å². The lowest BCUT2D eigenvalue weighted by atomic mass is 10.0. The van der Waals surface area contributed by atoms with Gasteiger partial charge in [-0.25, -0.2) is 9.59 Å². The molecule has 1 fully saturated rings. The molecule has 0 atom stereocenters. The van der Waals surface area contributed by atoms with E-state index in [1.54, 1.807) is 30.3 Å². The fraction of sp³-hybridized carbons (Fsp3) is 0.167. The largest absolute Gasteiger partial charge is 0.465 e. The number of aryl methyl sites for hydroxylation is 1. The molecule has 3 heterocycles. The summed E-state index contributed by atoms with van der Waals surface area (Å²) in [7, 11) is 2.53. The summed E-state index contributed by atoms with van der Waals surface area (Å²) in [6.07, 6.45) is 1.48. The number of benzene rings is 1. The number of carbonyl (C=O) groups is 4. The van der Waals surface area contributed by atoms with Crippen LogP contribution in [0.4, 0.5) is 4.79 Å². The minimum absolute atomic E-state index is 0.0188. The van der Waals surface area contributed by atoms with Crippen molar-refractivity contribution in [2.45, 2.75) is 13.5 Å². The van der Waals surface area contributed by atoms with Crippen LogP contribution in [0, 0.1) is 6.92 Å². The number of furan rings is 2. The Morgan fingerprint density at radius 2 is 1.76 bits per heavy atom. The third kappa shape index (κ3) is 4.53. The minimum atomic E-state index is -0.652. The molecule has 174 valence electrons. The Balaban J connectivity index is 1.53. The van der Waals surface area contributed by atoms with Crippen LogP contribution in [0.25, 0.3) is 17.4 Å². The Bertz CT molecular complexity index is 1330. The highest BCUT2D eigenvalue weighted by molar-refractivity contribution is 8.18. The fourth-order valence-corrected chi connectivity index (χ4v) is 4.12. The third-order valence-corrected chi connectivity index (χ3v) is 5.97. The number of nitrogens with zero attached hydrogens (tertiary/aromatic N) is 1. The van der Waals surface area contributed by atoms with Gasteiger partial charge in [-0.2, -0.15) is 0 Å². The highest BCUT2D eigenvalue weighted by Gasteiger charge is 2.36. The molecule has 0 radical (unpaired) electrons. The molecule has 1 aliphatic rings. The molecule has 3 aromatic rings. The molecular formula is C24H19NO8S. The molecule has 0 aliphatic carbocycles. The normalized spacial score (nSPS) is 14.7. The van der Waals surface area contributed by atoms with Crippen LogP contribution in [0.3, 0.4) is 0 Å². The van der Waals surface area contributed by atoms with Gasteiger partial charge in [-0.15, -0.1) is 0 Å². The summed E-state index contributed by atoms with van der Waals surface area (Å²) < 4.78 is 20.6. The highest BCUT2D eigenvalue weighted by atomic mass is 32.2. The Morgan fingerprint density at radius 1 is 1.00 bits per heavy atom. The van der Waals surface area contributed by atoms with Crippen LogP contribution in [0.1, 0.15) is 38.0 Å². The first-order valence-electron chi connectivity index (χ1n) is 10.0. The Morgan fingerprint density at radius 3 is 2.50 bits per heavy atom. The van der Waals surface area contributed by atoms with Crippen molar-refractivity contribution in [3.8, 4) is 11.3 Å². The van der Waals surface area contributed by atoms with E-state index in [1.165, 1.54) is 32.4 Å². The maximum atomic E-state index is 12.8. The van der Waals surface area contributed by atoms with Crippen LogP contribution < -0.4 is 0 Å². The first-order chi connectivity index (χ1) is 16.3. The fourth-order valence-electron chi connectivity index (χ4n) is 3.30. The van der Waals surface area contributed by atoms with Gasteiger partial charge in [-0.05, 0) is 60.6 Å². The lowest BCUT2D eigenvalue weighted by Crippen LogP contribution is -2.27. The number of imide groups is 1.